The number of non-ortho nitro benzene ring substituents is 1. The first-order valence-corrected chi connectivity index (χ1v) is 10.7. The molecule has 0 bridgehead atoms. The number of hydroxylamine groups is 1. The van der Waals surface area contributed by atoms with E-state index in [0.29, 0.717) is 0 Å². The molecule has 0 aliphatic carbocycles. The van der Waals surface area contributed by atoms with Gasteiger partial charge in [-0.05, 0) is 17.7 Å². The average molecular weight is 474 g/mol. The van der Waals surface area contributed by atoms with Crippen LogP contribution in [0.15, 0.2) is 78.9 Å². The molecule has 0 aromatic heterocycles. The Hall–Kier alpha value is -4.64. The highest BCUT2D eigenvalue weighted by Crippen LogP contribution is 2.49. The Kier molecular flexibility index (Phi) is 5.46. The van der Waals surface area contributed by atoms with Crippen LogP contribution in [0.1, 0.15) is 17.2 Å². The molecular weight excluding hydrogens is 456 g/mol. The van der Waals surface area contributed by atoms with E-state index in [1.165, 1.54) is 47.5 Å². The minimum atomic E-state index is -1.23. The fourth-order valence-electron chi connectivity index (χ4n) is 4.58. The molecule has 0 unspecified atom stereocenters. The summed E-state index contributed by atoms with van der Waals surface area (Å²) in [6, 6.07) is 19.3. The summed E-state index contributed by atoms with van der Waals surface area (Å²) in [6.45, 7) is 0.0370. The van der Waals surface area contributed by atoms with E-state index < -0.39 is 39.7 Å². The number of hydrogen-bond acceptors (Lipinski definition) is 8. The molecule has 3 aromatic rings. The molecule has 35 heavy (non-hydrogen) atoms. The lowest BCUT2D eigenvalue weighted by Crippen LogP contribution is -2.37. The van der Waals surface area contributed by atoms with Crippen LogP contribution >= 0.6 is 0 Å². The molecule has 0 N–H and O–H groups in total. The number of nitro groups is 2. The SMILES string of the molecule is O=C1[C@@H]2[C@H](ON(c3cccc([N+](=O)[O-])c3)[C@@H]2c2ccccc2[N+](=O)[O-])C(=O)N1Cc1ccccc1. The fourth-order valence-corrected chi connectivity index (χ4v) is 4.58. The van der Waals surface area contributed by atoms with Crippen LogP contribution < -0.4 is 5.06 Å². The first kappa shape index (κ1) is 22.2. The molecule has 2 fully saturated rings. The summed E-state index contributed by atoms with van der Waals surface area (Å²) in [5, 5.41) is 24.3. The van der Waals surface area contributed by atoms with E-state index >= 15 is 0 Å². The predicted molar refractivity (Wildman–Crippen MR) is 122 cm³/mol. The zero-order chi connectivity index (χ0) is 24.7. The van der Waals surface area contributed by atoms with Crippen molar-refractivity contribution in [3.05, 3.63) is 110 Å². The second-order valence-corrected chi connectivity index (χ2v) is 8.16. The second kappa shape index (κ2) is 8.61. The molecule has 11 nitrogen and oxygen atoms in total. The first-order chi connectivity index (χ1) is 16.9. The summed E-state index contributed by atoms with van der Waals surface area (Å²) in [5.74, 6) is -2.17. The van der Waals surface area contributed by atoms with E-state index in [2.05, 4.69) is 0 Å². The highest BCUT2D eigenvalue weighted by molar-refractivity contribution is 6.07. The van der Waals surface area contributed by atoms with Crippen LogP contribution in [0.3, 0.4) is 0 Å². The summed E-state index contributed by atoms with van der Waals surface area (Å²) in [4.78, 5) is 55.8. The summed E-state index contributed by atoms with van der Waals surface area (Å²) >= 11 is 0. The summed E-state index contributed by atoms with van der Waals surface area (Å²) < 4.78 is 0. The van der Waals surface area contributed by atoms with Gasteiger partial charge in [0.25, 0.3) is 17.3 Å². The fraction of sp³-hybridized carbons (Fsp3) is 0.167. The number of para-hydroxylation sites is 1. The third-order valence-electron chi connectivity index (χ3n) is 6.14. The second-order valence-electron chi connectivity index (χ2n) is 8.16. The van der Waals surface area contributed by atoms with Gasteiger partial charge in [0, 0.05) is 18.2 Å². The molecule has 5 rings (SSSR count). The monoisotopic (exact) mass is 474 g/mol. The quantitative estimate of drug-likeness (QED) is 0.301. The van der Waals surface area contributed by atoms with Crippen LogP contribution in [0.4, 0.5) is 17.1 Å². The lowest BCUT2D eigenvalue weighted by Gasteiger charge is -2.28. The molecule has 2 heterocycles. The van der Waals surface area contributed by atoms with E-state index in [1.807, 2.05) is 6.07 Å². The zero-order valence-corrected chi connectivity index (χ0v) is 18.1. The van der Waals surface area contributed by atoms with Crippen LogP contribution in [0.5, 0.6) is 0 Å². The molecule has 3 aromatic carbocycles. The van der Waals surface area contributed by atoms with Crippen LogP contribution in [0.25, 0.3) is 0 Å². The molecular formula is C24H18N4O7. The van der Waals surface area contributed by atoms with Gasteiger partial charge in [-0.2, -0.15) is 0 Å². The minimum absolute atomic E-state index is 0.0370. The number of nitrogens with zero attached hydrogens (tertiary/aromatic N) is 4. The maximum Gasteiger partial charge on any atom is 0.274 e. The minimum Gasteiger partial charge on any atom is -0.275 e. The van der Waals surface area contributed by atoms with Crippen molar-refractivity contribution in [3.63, 3.8) is 0 Å². The van der Waals surface area contributed by atoms with Gasteiger partial charge in [0.1, 0.15) is 12.0 Å². The normalized spacial score (nSPS) is 21.3. The number of nitro benzene ring substituents is 2. The van der Waals surface area contributed by atoms with Gasteiger partial charge in [0.2, 0.25) is 5.91 Å². The Labute approximate surface area is 198 Å². The number of anilines is 1. The van der Waals surface area contributed by atoms with E-state index in [1.54, 1.807) is 30.3 Å². The summed E-state index contributed by atoms with van der Waals surface area (Å²) in [5.41, 5.74) is 0.630. The molecule has 2 saturated heterocycles. The number of fused-ring (bicyclic) bond motifs is 1. The van der Waals surface area contributed by atoms with Gasteiger partial charge < -0.3 is 0 Å². The van der Waals surface area contributed by atoms with Gasteiger partial charge in [0.15, 0.2) is 6.10 Å². The lowest BCUT2D eigenvalue weighted by atomic mass is 9.89. The molecule has 3 atom stereocenters. The maximum atomic E-state index is 13.5. The van der Waals surface area contributed by atoms with E-state index in [-0.39, 0.29) is 29.2 Å². The number of benzene rings is 3. The van der Waals surface area contributed by atoms with Crippen molar-refractivity contribution in [3.8, 4) is 0 Å². The largest absolute Gasteiger partial charge is 0.275 e. The average Bonchev–Trinajstić information content (AvgIpc) is 3.36. The first-order valence-electron chi connectivity index (χ1n) is 10.7. The number of amides is 2. The zero-order valence-electron chi connectivity index (χ0n) is 18.1. The molecule has 2 aliphatic heterocycles. The van der Waals surface area contributed by atoms with E-state index in [9.17, 15) is 29.8 Å². The number of carbonyl (C=O) groups is 2. The standard InChI is InChI=1S/C24H18N4O7/c29-23-20-21(18-11-4-5-12-19(18)28(33)34)26(16-9-6-10-17(13-16)27(31)32)35-22(20)24(30)25(23)14-15-7-2-1-3-8-15/h1-13,20-22H,14H2/t20-,21+,22-/m0/s1. The van der Waals surface area contributed by atoms with Crippen LogP contribution in [0, 0.1) is 26.1 Å². The van der Waals surface area contributed by atoms with Gasteiger partial charge >= 0.3 is 0 Å². The van der Waals surface area contributed by atoms with Crippen molar-refractivity contribution in [1.29, 1.82) is 0 Å². The third kappa shape index (κ3) is 3.77. The smallest absolute Gasteiger partial charge is 0.274 e. The number of carbonyl (C=O) groups excluding carboxylic acids is 2. The van der Waals surface area contributed by atoms with E-state index in [4.69, 9.17) is 4.84 Å². The topological polar surface area (TPSA) is 136 Å². The highest BCUT2D eigenvalue weighted by atomic mass is 16.7. The molecule has 2 aliphatic rings. The Bertz CT molecular complexity index is 1350. The molecule has 0 saturated carbocycles. The molecule has 0 spiro atoms. The van der Waals surface area contributed by atoms with Gasteiger partial charge in [-0.1, -0.05) is 48.5 Å². The van der Waals surface area contributed by atoms with Crippen molar-refractivity contribution in [2.45, 2.75) is 18.7 Å². The summed E-state index contributed by atoms with van der Waals surface area (Å²) in [6.07, 6.45) is -1.23. The number of rotatable bonds is 6. The van der Waals surface area contributed by atoms with Crippen LogP contribution in [-0.4, -0.2) is 32.7 Å². The van der Waals surface area contributed by atoms with Crippen molar-refractivity contribution in [2.75, 3.05) is 5.06 Å². The van der Waals surface area contributed by atoms with E-state index in [0.717, 1.165) is 10.5 Å². The Morgan fingerprint density at radius 1 is 0.829 bits per heavy atom. The Balaban J connectivity index is 1.60. The number of imide groups is 1. The van der Waals surface area contributed by atoms with Gasteiger partial charge in [-0.15, -0.1) is 0 Å². The van der Waals surface area contributed by atoms with Crippen molar-refractivity contribution < 1.29 is 24.3 Å². The van der Waals surface area contributed by atoms with Crippen LogP contribution in [0.2, 0.25) is 0 Å². The van der Waals surface area contributed by atoms with Gasteiger partial charge in [-0.3, -0.25) is 39.6 Å². The van der Waals surface area contributed by atoms with Crippen molar-refractivity contribution >= 4 is 28.9 Å². The molecule has 2 amide bonds. The molecule has 0 radical (unpaired) electrons. The Morgan fingerprint density at radius 2 is 1.54 bits per heavy atom. The maximum absolute atomic E-state index is 13.5. The Morgan fingerprint density at radius 3 is 2.26 bits per heavy atom. The number of likely N-dealkylation sites (tertiary alicyclic amines) is 1. The molecule has 11 heteroatoms. The third-order valence-corrected chi connectivity index (χ3v) is 6.14. The van der Waals surface area contributed by atoms with Gasteiger partial charge in [-0.25, -0.2) is 5.06 Å². The van der Waals surface area contributed by atoms with Crippen LogP contribution in [-0.2, 0) is 21.0 Å². The lowest BCUT2D eigenvalue weighted by molar-refractivity contribution is -0.385. The summed E-state index contributed by atoms with van der Waals surface area (Å²) in [7, 11) is 0. The number of hydrogen-bond donors (Lipinski definition) is 0. The van der Waals surface area contributed by atoms with Crippen molar-refractivity contribution in [2.24, 2.45) is 5.92 Å². The highest BCUT2D eigenvalue weighted by Gasteiger charge is 2.60. The van der Waals surface area contributed by atoms with Gasteiger partial charge in [0.05, 0.1) is 27.6 Å². The van der Waals surface area contributed by atoms with Crippen molar-refractivity contribution in [1.82, 2.24) is 4.90 Å². The predicted octanol–water partition coefficient (Wildman–Crippen LogP) is 3.55. The molecule has 176 valence electrons.